The van der Waals surface area contributed by atoms with Gasteiger partial charge in [-0.05, 0) is 24.3 Å². The molecule has 2 aromatic rings. The molecule has 1 aliphatic rings. The van der Waals surface area contributed by atoms with Gasteiger partial charge in [-0.2, -0.15) is 5.10 Å². The number of fused-ring (bicyclic) bond motifs is 1. The highest BCUT2D eigenvalue weighted by Crippen LogP contribution is 2.30. The molecule has 0 unspecified atom stereocenters. The number of hydrogen-bond acceptors (Lipinski definition) is 6. The summed E-state index contributed by atoms with van der Waals surface area (Å²) >= 11 is 0. The van der Waals surface area contributed by atoms with Gasteiger partial charge in [0.05, 0.1) is 6.21 Å². The number of para-hydroxylation sites is 2. The van der Waals surface area contributed by atoms with Crippen LogP contribution in [0.25, 0.3) is 0 Å². The maximum Gasteiger partial charge on any atom is 0.284 e. The number of nitrogens with one attached hydrogen (secondary N) is 1. The van der Waals surface area contributed by atoms with E-state index in [0.717, 1.165) is 0 Å². The van der Waals surface area contributed by atoms with E-state index in [2.05, 4.69) is 10.5 Å². The molecule has 1 heterocycles. The molecule has 0 spiro atoms. The standard InChI is InChI=1S/C16H14N2O5/c19-11-6-5-10(12(20)7-11)8-17-18-16(21)15-9-22-13-3-1-2-4-14(13)23-15/h1-8,15,19-20H,9H2,(H,18,21)/b17-8+/t15-/m1/s1. The van der Waals surface area contributed by atoms with E-state index in [1.807, 2.05) is 6.07 Å². The lowest BCUT2D eigenvalue weighted by Gasteiger charge is -2.24. The first-order chi connectivity index (χ1) is 11.1. The van der Waals surface area contributed by atoms with Crippen molar-refractivity contribution in [2.75, 3.05) is 6.61 Å². The van der Waals surface area contributed by atoms with E-state index >= 15 is 0 Å². The molecule has 0 saturated heterocycles. The number of nitrogens with zero attached hydrogens (tertiary/aromatic N) is 1. The summed E-state index contributed by atoms with van der Waals surface area (Å²) in [6.45, 7) is 0.0861. The summed E-state index contributed by atoms with van der Waals surface area (Å²) in [4.78, 5) is 12.0. The molecule has 118 valence electrons. The van der Waals surface area contributed by atoms with Gasteiger partial charge in [-0.15, -0.1) is 0 Å². The monoisotopic (exact) mass is 314 g/mol. The van der Waals surface area contributed by atoms with Crippen LogP contribution in [0.1, 0.15) is 5.56 Å². The van der Waals surface area contributed by atoms with Crippen molar-refractivity contribution in [3.8, 4) is 23.0 Å². The van der Waals surface area contributed by atoms with Crippen LogP contribution in [0.4, 0.5) is 0 Å². The highest BCUT2D eigenvalue weighted by atomic mass is 16.6. The lowest BCUT2D eigenvalue weighted by Crippen LogP contribution is -2.42. The van der Waals surface area contributed by atoms with E-state index < -0.39 is 12.0 Å². The SMILES string of the molecule is O=C(N/N=C/c1ccc(O)cc1O)[C@H]1COc2ccccc2O1. The minimum Gasteiger partial charge on any atom is -0.508 e. The van der Waals surface area contributed by atoms with Crippen LogP contribution in [-0.2, 0) is 4.79 Å². The fourth-order valence-corrected chi connectivity index (χ4v) is 2.03. The van der Waals surface area contributed by atoms with Gasteiger partial charge in [-0.3, -0.25) is 4.79 Å². The van der Waals surface area contributed by atoms with Gasteiger partial charge in [-0.25, -0.2) is 5.43 Å². The molecule has 1 atom stereocenters. The number of rotatable bonds is 3. The van der Waals surface area contributed by atoms with Crippen LogP contribution in [0.2, 0.25) is 0 Å². The summed E-state index contributed by atoms with van der Waals surface area (Å²) in [6, 6.07) is 11.1. The topological polar surface area (TPSA) is 100 Å². The number of benzene rings is 2. The normalized spacial score (nSPS) is 16.3. The van der Waals surface area contributed by atoms with Crippen molar-refractivity contribution < 1.29 is 24.5 Å². The quantitative estimate of drug-likeness (QED) is 0.587. The summed E-state index contributed by atoms with van der Waals surface area (Å²) in [5.74, 6) is 0.423. The molecule has 2 aromatic carbocycles. The second-order valence-corrected chi connectivity index (χ2v) is 4.84. The molecule has 0 aromatic heterocycles. The van der Waals surface area contributed by atoms with Gasteiger partial charge in [0.15, 0.2) is 11.5 Å². The number of hydrazone groups is 1. The third kappa shape index (κ3) is 3.34. The molecule has 7 heteroatoms. The minimum absolute atomic E-state index is 0.0601. The van der Waals surface area contributed by atoms with Crippen molar-refractivity contribution in [1.82, 2.24) is 5.43 Å². The minimum atomic E-state index is -0.810. The molecule has 0 radical (unpaired) electrons. The Labute approximate surface area is 131 Å². The number of hydrogen-bond donors (Lipinski definition) is 3. The smallest absolute Gasteiger partial charge is 0.284 e. The van der Waals surface area contributed by atoms with Gasteiger partial charge in [-0.1, -0.05) is 12.1 Å². The van der Waals surface area contributed by atoms with Crippen molar-refractivity contribution in [2.45, 2.75) is 6.10 Å². The Hall–Kier alpha value is -3.22. The number of carbonyl (C=O) groups is 1. The van der Waals surface area contributed by atoms with Crippen molar-refractivity contribution in [2.24, 2.45) is 5.10 Å². The first-order valence-electron chi connectivity index (χ1n) is 6.87. The fourth-order valence-electron chi connectivity index (χ4n) is 2.03. The first kappa shape index (κ1) is 14.7. The predicted molar refractivity (Wildman–Crippen MR) is 81.9 cm³/mol. The Morgan fingerprint density at radius 2 is 2.00 bits per heavy atom. The number of aromatic hydroxyl groups is 2. The highest BCUT2D eigenvalue weighted by Gasteiger charge is 2.26. The van der Waals surface area contributed by atoms with Crippen LogP contribution in [0.3, 0.4) is 0 Å². The molecule has 1 aliphatic heterocycles. The Balaban J connectivity index is 1.61. The Morgan fingerprint density at radius 3 is 2.78 bits per heavy atom. The van der Waals surface area contributed by atoms with E-state index in [1.54, 1.807) is 18.2 Å². The third-order valence-electron chi connectivity index (χ3n) is 3.19. The second-order valence-electron chi connectivity index (χ2n) is 4.84. The summed E-state index contributed by atoms with van der Waals surface area (Å²) in [5.41, 5.74) is 2.68. The zero-order chi connectivity index (χ0) is 16.2. The van der Waals surface area contributed by atoms with Crippen LogP contribution >= 0.6 is 0 Å². The van der Waals surface area contributed by atoms with Gasteiger partial charge in [0.2, 0.25) is 6.10 Å². The summed E-state index contributed by atoms with van der Waals surface area (Å²) < 4.78 is 11.0. The highest BCUT2D eigenvalue weighted by molar-refractivity contribution is 5.86. The number of amides is 1. The predicted octanol–water partition coefficient (Wildman–Crippen LogP) is 1.39. The summed E-state index contributed by atoms with van der Waals surface area (Å²) in [6.07, 6.45) is 0.458. The third-order valence-corrected chi connectivity index (χ3v) is 3.19. The average molecular weight is 314 g/mol. The van der Waals surface area contributed by atoms with Gasteiger partial charge < -0.3 is 19.7 Å². The van der Waals surface area contributed by atoms with E-state index in [0.29, 0.717) is 17.1 Å². The maximum atomic E-state index is 12.0. The molecule has 0 fully saturated rings. The van der Waals surface area contributed by atoms with Crippen LogP contribution < -0.4 is 14.9 Å². The zero-order valence-electron chi connectivity index (χ0n) is 12.0. The van der Waals surface area contributed by atoms with Crippen LogP contribution in [0, 0.1) is 0 Å². The van der Waals surface area contributed by atoms with Gasteiger partial charge in [0.25, 0.3) is 5.91 Å². The lowest BCUT2D eigenvalue weighted by molar-refractivity contribution is -0.130. The van der Waals surface area contributed by atoms with Crippen molar-refractivity contribution in [3.05, 3.63) is 48.0 Å². The molecule has 3 N–H and O–H groups in total. The first-order valence-corrected chi connectivity index (χ1v) is 6.87. The van der Waals surface area contributed by atoms with E-state index in [9.17, 15) is 15.0 Å². The van der Waals surface area contributed by atoms with Crippen molar-refractivity contribution in [1.29, 1.82) is 0 Å². The Bertz CT molecular complexity index is 760. The van der Waals surface area contributed by atoms with Gasteiger partial charge >= 0.3 is 0 Å². The Morgan fingerprint density at radius 1 is 1.22 bits per heavy atom. The molecule has 0 bridgehead atoms. The molecule has 23 heavy (non-hydrogen) atoms. The molecular formula is C16H14N2O5. The molecule has 0 aliphatic carbocycles. The van der Waals surface area contributed by atoms with Crippen LogP contribution in [-0.4, -0.2) is 35.0 Å². The molecule has 1 amide bonds. The van der Waals surface area contributed by atoms with Crippen LogP contribution in [0.15, 0.2) is 47.6 Å². The number of phenolic OH excluding ortho intramolecular Hbond substituents is 2. The molecular weight excluding hydrogens is 300 g/mol. The number of phenols is 2. The van der Waals surface area contributed by atoms with Gasteiger partial charge in [0.1, 0.15) is 18.1 Å². The average Bonchev–Trinajstić information content (AvgIpc) is 2.56. The molecule has 7 nitrogen and oxygen atoms in total. The molecule has 0 saturated carbocycles. The van der Waals surface area contributed by atoms with Crippen molar-refractivity contribution >= 4 is 12.1 Å². The largest absolute Gasteiger partial charge is 0.508 e. The van der Waals surface area contributed by atoms with E-state index in [-0.39, 0.29) is 18.1 Å². The van der Waals surface area contributed by atoms with E-state index in [4.69, 9.17) is 9.47 Å². The van der Waals surface area contributed by atoms with Crippen LogP contribution in [0.5, 0.6) is 23.0 Å². The molecule has 3 rings (SSSR count). The van der Waals surface area contributed by atoms with E-state index in [1.165, 1.54) is 24.4 Å². The number of ether oxygens (including phenoxy) is 2. The Kier molecular flexibility index (Phi) is 4.01. The van der Waals surface area contributed by atoms with Gasteiger partial charge in [0, 0.05) is 11.6 Å². The number of carbonyl (C=O) groups excluding carboxylic acids is 1. The fraction of sp³-hybridized carbons (Fsp3) is 0.125. The maximum absolute atomic E-state index is 12.0. The second kappa shape index (κ2) is 6.27. The summed E-state index contributed by atoms with van der Waals surface area (Å²) in [7, 11) is 0. The zero-order valence-corrected chi connectivity index (χ0v) is 12.0. The summed E-state index contributed by atoms with van der Waals surface area (Å²) in [5, 5.41) is 22.6. The lowest BCUT2D eigenvalue weighted by atomic mass is 10.2. The van der Waals surface area contributed by atoms with Crippen molar-refractivity contribution in [3.63, 3.8) is 0 Å².